The number of ether oxygens (including phenoxy) is 1. The first-order valence-electron chi connectivity index (χ1n) is 11.6. The first-order chi connectivity index (χ1) is 18.2. The van der Waals surface area contributed by atoms with Crippen molar-refractivity contribution in [3.63, 3.8) is 0 Å². The van der Waals surface area contributed by atoms with E-state index in [1.807, 2.05) is 0 Å². The van der Waals surface area contributed by atoms with E-state index in [1.54, 1.807) is 6.92 Å². The number of imide groups is 1. The summed E-state index contributed by atoms with van der Waals surface area (Å²) in [7, 11) is 0. The molecule has 11 heteroatoms. The van der Waals surface area contributed by atoms with Crippen LogP contribution in [0.15, 0.2) is 72.8 Å². The van der Waals surface area contributed by atoms with E-state index in [0.29, 0.717) is 5.56 Å². The Hall–Kier alpha value is -4.93. The molecule has 0 N–H and O–H groups in total. The maximum Gasteiger partial charge on any atom is 0.338 e. The normalized spacial score (nSPS) is 14.9. The number of esters is 1. The van der Waals surface area contributed by atoms with Crippen molar-refractivity contribution in [3.8, 4) is 0 Å². The molecule has 10 nitrogen and oxygen atoms in total. The molecule has 1 aliphatic rings. The Morgan fingerprint density at radius 2 is 1.61 bits per heavy atom. The highest BCUT2D eigenvalue weighted by Crippen LogP contribution is 2.28. The highest BCUT2D eigenvalue weighted by atomic mass is 19.1. The van der Waals surface area contributed by atoms with Crippen LogP contribution in [0.25, 0.3) is 0 Å². The molecule has 0 spiro atoms. The molecule has 3 aromatic carbocycles. The monoisotopic (exact) mass is 519 g/mol. The molecule has 194 valence electrons. The van der Waals surface area contributed by atoms with Gasteiger partial charge in [-0.2, -0.15) is 0 Å². The minimum atomic E-state index is -1.18. The number of hydrogen-bond acceptors (Lipinski definition) is 7. The van der Waals surface area contributed by atoms with E-state index in [9.17, 15) is 33.7 Å². The van der Waals surface area contributed by atoms with Gasteiger partial charge in [0, 0.05) is 24.2 Å². The number of carbonyl (C=O) groups excluding carboxylic acids is 4. The zero-order valence-corrected chi connectivity index (χ0v) is 20.2. The van der Waals surface area contributed by atoms with Crippen LogP contribution in [0.2, 0.25) is 0 Å². The van der Waals surface area contributed by atoms with E-state index in [1.165, 1.54) is 77.7 Å². The third-order valence-corrected chi connectivity index (χ3v) is 5.99. The molecule has 1 heterocycles. The second-order valence-electron chi connectivity index (χ2n) is 8.42. The summed E-state index contributed by atoms with van der Waals surface area (Å²) in [6, 6.07) is 14.8. The number of halogens is 1. The van der Waals surface area contributed by atoms with Crippen LogP contribution in [-0.4, -0.2) is 46.2 Å². The number of carbonyl (C=O) groups is 4. The van der Waals surface area contributed by atoms with E-state index >= 15 is 0 Å². The van der Waals surface area contributed by atoms with Gasteiger partial charge in [0.2, 0.25) is 5.91 Å². The van der Waals surface area contributed by atoms with Crippen molar-refractivity contribution in [2.24, 2.45) is 0 Å². The molecular weight excluding hydrogens is 497 g/mol. The van der Waals surface area contributed by atoms with Crippen LogP contribution in [-0.2, 0) is 20.9 Å². The maximum atomic E-state index is 13.5. The molecule has 1 aliphatic heterocycles. The number of nitrogens with zero attached hydrogens (tertiary/aromatic N) is 3. The number of nitro groups is 1. The lowest BCUT2D eigenvalue weighted by molar-refractivity contribution is -0.384. The first-order valence-corrected chi connectivity index (χ1v) is 11.6. The molecule has 38 heavy (non-hydrogen) atoms. The third kappa shape index (κ3) is 5.41. The fraction of sp³-hybridized carbons (Fsp3) is 0.185. The van der Waals surface area contributed by atoms with E-state index in [-0.39, 0.29) is 42.1 Å². The number of hydrogen-bond donors (Lipinski definition) is 0. The van der Waals surface area contributed by atoms with Gasteiger partial charge >= 0.3 is 5.97 Å². The highest BCUT2D eigenvalue weighted by Gasteiger charge is 2.44. The largest absolute Gasteiger partial charge is 0.462 e. The molecule has 0 aliphatic carbocycles. The number of non-ortho nitro benzene ring substituents is 1. The topological polar surface area (TPSA) is 127 Å². The standard InChI is InChI=1S/C27H22FN3O7/c1-2-38-27(35)19-7-11-21(12-8-19)30-24(32)15-23(26(30)34)29(16-17-3-9-20(28)10-4-17)25(33)18-5-13-22(14-6-18)31(36)37/h3-14,23H,2,15-16H2,1H3. The minimum absolute atomic E-state index is 0.0789. The quantitative estimate of drug-likeness (QED) is 0.191. The van der Waals surface area contributed by atoms with Gasteiger partial charge in [0.25, 0.3) is 17.5 Å². The van der Waals surface area contributed by atoms with E-state index in [2.05, 4.69) is 0 Å². The van der Waals surface area contributed by atoms with Crippen LogP contribution in [0, 0.1) is 15.9 Å². The van der Waals surface area contributed by atoms with Gasteiger partial charge in [-0.05, 0) is 61.0 Å². The maximum absolute atomic E-state index is 13.5. The van der Waals surface area contributed by atoms with E-state index in [0.717, 1.165) is 4.90 Å². The average molecular weight is 519 g/mol. The summed E-state index contributed by atoms with van der Waals surface area (Å²) in [5, 5.41) is 11.0. The minimum Gasteiger partial charge on any atom is -0.462 e. The predicted molar refractivity (Wildman–Crippen MR) is 133 cm³/mol. The van der Waals surface area contributed by atoms with Gasteiger partial charge in [0.05, 0.1) is 29.2 Å². The number of anilines is 1. The molecule has 4 rings (SSSR count). The Morgan fingerprint density at radius 1 is 1.00 bits per heavy atom. The third-order valence-electron chi connectivity index (χ3n) is 5.99. The summed E-state index contributed by atoms with van der Waals surface area (Å²) in [5.41, 5.74) is 0.850. The molecule has 3 amide bonds. The molecule has 0 aromatic heterocycles. The Bertz CT molecular complexity index is 1390. The number of benzene rings is 3. The molecule has 1 unspecified atom stereocenters. The molecular formula is C27H22FN3O7. The fourth-order valence-corrected chi connectivity index (χ4v) is 4.09. The van der Waals surface area contributed by atoms with Gasteiger partial charge in [0.15, 0.2) is 0 Å². The van der Waals surface area contributed by atoms with Crippen LogP contribution in [0.4, 0.5) is 15.8 Å². The Labute approximate surface area is 216 Å². The smallest absolute Gasteiger partial charge is 0.338 e. The number of rotatable bonds is 8. The zero-order chi connectivity index (χ0) is 27.4. The van der Waals surface area contributed by atoms with Crippen molar-refractivity contribution in [3.05, 3.63) is 105 Å². The van der Waals surface area contributed by atoms with E-state index in [4.69, 9.17) is 4.74 Å². The van der Waals surface area contributed by atoms with Gasteiger partial charge in [-0.15, -0.1) is 0 Å². The van der Waals surface area contributed by atoms with Crippen molar-refractivity contribution >= 4 is 35.1 Å². The van der Waals surface area contributed by atoms with Gasteiger partial charge in [0.1, 0.15) is 11.9 Å². The zero-order valence-electron chi connectivity index (χ0n) is 20.2. The van der Waals surface area contributed by atoms with Gasteiger partial charge in [-0.3, -0.25) is 24.5 Å². The molecule has 1 atom stereocenters. The number of amides is 3. The lowest BCUT2D eigenvalue weighted by atomic mass is 10.1. The molecule has 1 saturated heterocycles. The van der Waals surface area contributed by atoms with Gasteiger partial charge < -0.3 is 9.64 Å². The molecule has 0 radical (unpaired) electrons. The number of nitro benzene ring substituents is 1. The van der Waals surface area contributed by atoms with Crippen LogP contribution >= 0.6 is 0 Å². The van der Waals surface area contributed by atoms with Gasteiger partial charge in [-0.25, -0.2) is 14.1 Å². The summed E-state index contributed by atoms with van der Waals surface area (Å²) in [6.45, 7) is 1.75. The van der Waals surface area contributed by atoms with E-state index < -0.39 is 40.5 Å². The lowest BCUT2D eigenvalue weighted by Crippen LogP contribution is -2.45. The Balaban J connectivity index is 1.64. The second-order valence-corrected chi connectivity index (χ2v) is 8.42. The second kappa shape index (κ2) is 11.0. The first kappa shape index (κ1) is 26.1. The average Bonchev–Trinajstić information content (AvgIpc) is 3.21. The van der Waals surface area contributed by atoms with Crippen molar-refractivity contribution in [1.82, 2.24) is 4.90 Å². The Morgan fingerprint density at radius 3 is 2.18 bits per heavy atom. The Kier molecular flexibility index (Phi) is 7.56. The molecule has 3 aromatic rings. The van der Waals surface area contributed by atoms with Crippen molar-refractivity contribution in [2.45, 2.75) is 25.9 Å². The van der Waals surface area contributed by atoms with Crippen LogP contribution in [0.5, 0.6) is 0 Å². The van der Waals surface area contributed by atoms with Crippen molar-refractivity contribution in [2.75, 3.05) is 11.5 Å². The summed E-state index contributed by atoms with van der Waals surface area (Å²) in [4.78, 5) is 64.4. The van der Waals surface area contributed by atoms with Crippen LogP contribution in [0.3, 0.4) is 0 Å². The predicted octanol–water partition coefficient (Wildman–Crippen LogP) is 3.89. The summed E-state index contributed by atoms with van der Waals surface area (Å²) < 4.78 is 18.4. The molecule has 0 bridgehead atoms. The van der Waals surface area contributed by atoms with Crippen molar-refractivity contribution < 1.29 is 33.2 Å². The summed E-state index contributed by atoms with van der Waals surface area (Å²) >= 11 is 0. The molecule has 1 fully saturated rings. The van der Waals surface area contributed by atoms with Crippen molar-refractivity contribution in [1.29, 1.82) is 0 Å². The van der Waals surface area contributed by atoms with Crippen LogP contribution < -0.4 is 4.90 Å². The van der Waals surface area contributed by atoms with Crippen LogP contribution in [0.1, 0.15) is 39.6 Å². The lowest BCUT2D eigenvalue weighted by Gasteiger charge is -2.28. The highest BCUT2D eigenvalue weighted by molar-refractivity contribution is 6.23. The molecule has 0 saturated carbocycles. The fourth-order valence-electron chi connectivity index (χ4n) is 4.09. The summed E-state index contributed by atoms with van der Waals surface area (Å²) in [6.07, 6.45) is -0.307. The SMILES string of the molecule is CCOC(=O)c1ccc(N2C(=O)CC(N(Cc3ccc(F)cc3)C(=O)c3ccc([N+](=O)[O-])cc3)C2=O)cc1. The van der Waals surface area contributed by atoms with Gasteiger partial charge in [-0.1, -0.05) is 12.1 Å². The summed E-state index contributed by atoms with van der Waals surface area (Å²) in [5.74, 6) is -2.86.